The first-order valence-corrected chi connectivity index (χ1v) is 6.68. The van der Waals surface area contributed by atoms with E-state index in [1.165, 1.54) is 0 Å². The third kappa shape index (κ3) is 2.67. The summed E-state index contributed by atoms with van der Waals surface area (Å²) in [4.78, 5) is 14.3. The molecule has 2 heterocycles. The lowest BCUT2D eigenvalue weighted by Crippen LogP contribution is -2.48. The fourth-order valence-corrected chi connectivity index (χ4v) is 2.59. The Labute approximate surface area is 124 Å². The lowest BCUT2D eigenvalue weighted by molar-refractivity contribution is 0.0634. The van der Waals surface area contributed by atoms with Crippen LogP contribution >= 0.6 is 12.4 Å². The number of nitrogens with zero attached hydrogens (tertiary/aromatic N) is 1. The molecule has 1 aromatic heterocycles. The summed E-state index contributed by atoms with van der Waals surface area (Å²) in [6, 6.07) is 9.68. The molecule has 1 saturated heterocycles. The molecule has 2 atom stereocenters. The van der Waals surface area contributed by atoms with E-state index in [1.54, 1.807) is 0 Å². The van der Waals surface area contributed by atoms with Gasteiger partial charge in [-0.3, -0.25) is 4.79 Å². The van der Waals surface area contributed by atoms with E-state index in [2.05, 4.69) is 6.92 Å². The topological polar surface area (TPSA) is 59.5 Å². The van der Waals surface area contributed by atoms with Gasteiger partial charge in [0, 0.05) is 24.5 Å². The number of hydrogen-bond acceptors (Lipinski definition) is 3. The molecule has 0 spiro atoms. The van der Waals surface area contributed by atoms with Crippen molar-refractivity contribution >= 4 is 29.3 Å². The molecule has 108 valence electrons. The van der Waals surface area contributed by atoms with Gasteiger partial charge in [-0.1, -0.05) is 25.1 Å². The van der Waals surface area contributed by atoms with E-state index in [1.807, 2.05) is 35.2 Å². The number of carbonyl (C=O) groups excluding carboxylic acids is 1. The quantitative estimate of drug-likeness (QED) is 0.879. The van der Waals surface area contributed by atoms with Crippen molar-refractivity contribution < 1.29 is 9.21 Å². The molecule has 0 saturated carbocycles. The van der Waals surface area contributed by atoms with Crippen LogP contribution in [0.5, 0.6) is 0 Å². The van der Waals surface area contributed by atoms with Crippen LogP contribution in [0.15, 0.2) is 34.7 Å². The van der Waals surface area contributed by atoms with Crippen LogP contribution in [-0.2, 0) is 0 Å². The molecule has 0 radical (unpaired) electrons. The van der Waals surface area contributed by atoms with Crippen molar-refractivity contribution in [1.29, 1.82) is 0 Å². The van der Waals surface area contributed by atoms with Crippen molar-refractivity contribution in [2.24, 2.45) is 11.7 Å². The summed E-state index contributed by atoms with van der Waals surface area (Å²) in [5.41, 5.74) is 6.74. The van der Waals surface area contributed by atoms with Crippen molar-refractivity contribution in [3.63, 3.8) is 0 Å². The van der Waals surface area contributed by atoms with E-state index in [-0.39, 0.29) is 24.4 Å². The van der Waals surface area contributed by atoms with E-state index in [9.17, 15) is 4.79 Å². The van der Waals surface area contributed by atoms with Crippen molar-refractivity contribution in [3.05, 3.63) is 36.1 Å². The van der Waals surface area contributed by atoms with Crippen LogP contribution in [0.25, 0.3) is 11.0 Å². The number of nitrogens with two attached hydrogens (primary N) is 1. The summed E-state index contributed by atoms with van der Waals surface area (Å²) in [7, 11) is 0. The molecule has 1 fully saturated rings. The van der Waals surface area contributed by atoms with E-state index in [0.29, 0.717) is 24.8 Å². The summed E-state index contributed by atoms with van der Waals surface area (Å²) in [6.07, 6.45) is 0.854. The fraction of sp³-hybridized carbons (Fsp3) is 0.400. The highest BCUT2D eigenvalue weighted by Gasteiger charge is 2.28. The summed E-state index contributed by atoms with van der Waals surface area (Å²) in [5, 5.41) is 0.965. The smallest absolute Gasteiger partial charge is 0.289 e. The van der Waals surface area contributed by atoms with Crippen molar-refractivity contribution in [3.8, 4) is 0 Å². The summed E-state index contributed by atoms with van der Waals surface area (Å²) in [5.74, 6) is 0.723. The number of furan rings is 1. The Hall–Kier alpha value is -1.52. The van der Waals surface area contributed by atoms with E-state index < -0.39 is 0 Å². The average Bonchev–Trinajstić information content (AvgIpc) is 2.85. The number of likely N-dealkylation sites (tertiary alicyclic amines) is 1. The van der Waals surface area contributed by atoms with Gasteiger partial charge in [0.15, 0.2) is 5.76 Å². The minimum Gasteiger partial charge on any atom is -0.451 e. The Morgan fingerprint density at radius 3 is 2.85 bits per heavy atom. The largest absolute Gasteiger partial charge is 0.451 e. The molecule has 4 nitrogen and oxygen atoms in total. The predicted molar refractivity (Wildman–Crippen MR) is 81.1 cm³/mol. The van der Waals surface area contributed by atoms with Gasteiger partial charge in [-0.25, -0.2) is 0 Å². The van der Waals surface area contributed by atoms with Gasteiger partial charge in [0.2, 0.25) is 0 Å². The van der Waals surface area contributed by atoms with Gasteiger partial charge in [-0.2, -0.15) is 0 Å². The van der Waals surface area contributed by atoms with Gasteiger partial charge in [0.1, 0.15) is 5.58 Å². The molecule has 0 bridgehead atoms. The molecule has 3 rings (SSSR count). The van der Waals surface area contributed by atoms with Crippen LogP contribution in [0.2, 0.25) is 0 Å². The van der Waals surface area contributed by atoms with Crippen LogP contribution < -0.4 is 5.73 Å². The molecule has 2 N–H and O–H groups in total. The number of rotatable bonds is 1. The second-order valence-corrected chi connectivity index (χ2v) is 5.33. The number of carbonyl (C=O) groups is 1. The number of halogens is 1. The molecule has 20 heavy (non-hydrogen) atoms. The van der Waals surface area contributed by atoms with E-state index in [0.717, 1.165) is 17.4 Å². The zero-order valence-corrected chi connectivity index (χ0v) is 12.2. The first-order chi connectivity index (χ1) is 9.15. The molecule has 0 aliphatic carbocycles. The van der Waals surface area contributed by atoms with Gasteiger partial charge < -0.3 is 15.1 Å². The Bertz CT molecular complexity index is 578. The van der Waals surface area contributed by atoms with Gasteiger partial charge >= 0.3 is 0 Å². The highest BCUT2D eigenvalue weighted by Crippen LogP contribution is 2.22. The second kappa shape index (κ2) is 5.85. The van der Waals surface area contributed by atoms with Crippen molar-refractivity contribution in [2.45, 2.75) is 19.4 Å². The number of para-hydroxylation sites is 1. The maximum absolute atomic E-state index is 12.4. The maximum Gasteiger partial charge on any atom is 0.289 e. The molecular formula is C15H19ClN2O2. The number of benzene rings is 1. The second-order valence-electron chi connectivity index (χ2n) is 5.33. The highest BCUT2D eigenvalue weighted by atomic mass is 35.5. The first kappa shape index (κ1) is 14.9. The SMILES string of the molecule is CC1CN(C(=O)c2cc3ccccc3o2)CCC1N.Cl. The minimum atomic E-state index is -0.0325. The van der Waals surface area contributed by atoms with Crippen LogP contribution in [0.4, 0.5) is 0 Å². The van der Waals surface area contributed by atoms with E-state index in [4.69, 9.17) is 10.2 Å². The monoisotopic (exact) mass is 294 g/mol. The van der Waals surface area contributed by atoms with Crippen LogP contribution in [0.1, 0.15) is 23.9 Å². The van der Waals surface area contributed by atoms with Gasteiger partial charge in [-0.15, -0.1) is 12.4 Å². The van der Waals surface area contributed by atoms with Gasteiger partial charge in [0.05, 0.1) is 0 Å². The van der Waals surface area contributed by atoms with Crippen LogP contribution in [0, 0.1) is 5.92 Å². The summed E-state index contributed by atoms with van der Waals surface area (Å²) < 4.78 is 5.62. The van der Waals surface area contributed by atoms with Gasteiger partial charge in [0.25, 0.3) is 5.91 Å². The molecule has 2 unspecified atom stereocenters. The average molecular weight is 295 g/mol. The molecule has 5 heteroatoms. The molecule has 1 amide bonds. The zero-order chi connectivity index (χ0) is 13.4. The zero-order valence-electron chi connectivity index (χ0n) is 11.4. The summed E-state index contributed by atoms with van der Waals surface area (Å²) in [6.45, 7) is 3.50. The van der Waals surface area contributed by atoms with Crippen LogP contribution in [0.3, 0.4) is 0 Å². The molecule has 1 aliphatic rings. The predicted octanol–water partition coefficient (Wildman–Crippen LogP) is 2.66. The molecule has 2 aromatic rings. The Kier molecular flexibility index (Phi) is 4.35. The number of hydrogen-bond donors (Lipinski definition) is 1. The Morgan fingerprint density at radius 2 is 2.15 bits per heavy atom. The van der Waals surface area contributed by atoms with Crippen LogP contribution in [-0.4, -0.2) is 29.9 Å². The highest BCUT2D eigenvalue weighted by molar-refractivity contribution is 5.96. The molecule has 1 aliphatic heterocycles. The maximum atomic E-state index is 12.4. The molecule has 1 aromatic carbocycles. The number of piperidine rings is 1. The molecular weight excluding hydrogens is 276 g/mol. The standard InChI is InChI=1S/C15H18N2O2.ClH/c1-10-9-17(7-6-12(10)16)15(18)14-8-11-4-2-3-5-13(11)19-14;/h2-5,8,10,12H,6-7,9,16H2,1H3;1H. The van der Waals surface area contributed by atoms with Gasteiger partial charge in [-0.05, 0) is 24.5 Å². The normalized spacial score (nSPS) is 22.6. The Balaban J connectivity index is 0.00000147. The first-order valence-electron chi connectivity index (χ1n) is 6.68. The van der Waals surface area contributed by atoms with E-state index >= 15 is 0 Å². The number of amides is 1. The third-order valence-corrected chi connectivity index (χ3v) is 3.90. The Morgan fingerprint density at radius 1 is 1.40 bits per heavy atom. The minimum absolute atomic E-state index is 0. The lowest BCUT2D eigenvalue weighted by atomic mass is 9.95. The third-order valence-electron chi connectivity index (χ3n) is 3.90. The van der Waals surface area contributed by atoms with Crippen molar-refractivity contribution in [2.75, 3.05) is 13.1 Å². The number of fused-ring (bicyclic) bond motifs is 1. The fourth-order valence-electron chi connectivity index (χ4n) is 2.59. The lowest BCUT2D eigenvalue weighted by Gasteiger charge is -2.34. The van der Waals surface area contributed by atoms with Crippen molar-refractivity contribution in [1.82, 2.24) is 4.90 Å². The summed E-state index contributed by atoms with van der Waals surface area (Å²) >= 11 is 0.